The number of hydrogen-bond donors (Lipinski definition) is 1. The van der Waals surface area contributed by atoms with E-state index in [9.17, 15) is 4.79 Å². The number of piperazine rings is 1. The van der Waals surface area contributed by atoms with Crippen molar-refractivity contribution in [1.29, 1.82) is 0 Å². The number of carbonyl (C=O) groups excluding carboxylic acids is 1. The molecule has 1 saturated heterocycles. The van der Waals surface area contributed by atoms with E-state index in [1.165, 1.54) is 25.7 Å². The van der Waals surface area contributed by atoms with Crippen LogP contribution in [-0.2, 0) is 4.79 Å². The minimum atomic E-state index is 0.154. The Morgan fingerprint density at radius 2 is 1.94 bits per heavy atom. The highest BCUT2D eigenvalue weighted by Gasteiger charge is 2.26. The first kappa shape index (κ1) is 12.2. The molecule has 4 heteroatoms. The second-order valence-corrected chi connectivity index (χ2v) is 6.41. The number of carbonyl (C=O) groups is 1. The minimum Gasteiger partial charge on any atom is -0.339 e. The van der Waals surface area contributed by atoms with Gasteiger partial charge in [0.1, 0.15) is 0 Å². The monoisotopic (exact) mass is 242 g/mol. The van der Waals surface area contributed by atoms with E-state index in [0.29, 0.717) is 5.91 Å². The molecule has 0 aromatic rings. The van der Waals surface area contributed by atoms with Crippen LogP contribution in [0.15, 0.2) is 0 Å². The fraction of sp³-hybridized carbons (Fsp3) is 0.917. The van der Waals surface area contributed by atoms with Gasteiger partial charge in [-0.05, 0) is 19.8 Å². The van der Waals surface area contributed by atoms with E-state index in [1.807, 2.05) is 16.7 Å². The van der Waals surface area contributed by atoms with Crippen LogP contribution in [0.4, 0.5) is 0 Å². The highest BCUT2D eigenvalue weighted by molar-refractivity contribution is 8.01. The molecule has 2 fully saturated rings. The normalized spacial score (nSPS) is 24.7. The van der Waals surface area contributed by atoms with Crippen molar-refractivity contribution in [2.24, 2.45) is 0 Å². The van der Waals surface area contributed by atoms with Gasteiger partial charge in [0.15, 0.2) is 0 Å². The van der Waals surface area contributed by atoms with Crippen molar-refractivity contribution in [3.05, 3.63) is 0 Å². The number of nitrogens with zero attached hydrogens (tertiary/aromatic N) is 1. The molecule has 16 heavy (non-hydrogen) atoms. The van der Waals surface area contributed by atoms with Crippen molar-refractivity contribution >= 4 is 17.7 Å². The summed E-state index contributed by atoms with van der Waals surface area (Å²) in [4.78, 5) is 14.2. The van der Waals surface area contributed by atoms with Crippen molar-refractivity contribution in [3.8, 4) is 0 Å². The summed E-state index contributed by atoms with van der Waals surface area (Å²) in [6.07, 6.45) is 5.33. The zero-order chi connectivity index (χ0) is 11.4. The van der Waals surface area contributed by atoms with Gasteiger partial charge in [0, 0.05) is 31.4 Å². The predicted octanol–water partition coefficient (Wildman–Crippen LogP) is 1.48. The first-order valence-electron chi connectivity index (χ1n) is 6.42. The molecule has 0 aromatic heterocycles. The number of thioether (sulfide) groups is 1. The summed E-state index contributed by atoms with van der Waals surface area (Å²) < 4.78 is 0. The third-order valence-electron chi connectivity index (χ3n) is 3.48. The van der Waals surface area contributed by atoms with Gasteiger partial charge in [-0.1, -0.05) is 12.8 Å². The maximum Gasteiger partial charge on any atom is 0.235 e. The Hall–Kier alpha value is -0.220. The zero-order valence-electron chi connectivity index (χ0n) is 10.1. The maximum absolute atomic E-state index is 12.2. The molecule has 1 aliphatic carbocycles. The van der Waals surface area contributed by atoms with Gasteiger partial charge in [0.05, 0.1) is 5.25 Å². The van der Waals surface area contributed by atoms with Gasteiger partial charge in [0.2, 0.25) is 5.91 Å². The van der Waals surface area contributed by atoms with Gasteiger partial charge in [-0.15, -0.1) is 11.8 Å². The van der Waals surface area contributed by atoms with Gasteiger partial charge < -0.3 is 10.2 Å². The van der Waals surface area contributed by atoms with Crippen molar-refractivity contribution in [2.75, 3.05) is 26.2 Å². The van der Waals surface area contributed by atoms with Crippen molar-refractivity contribution in [1.82, 2.24) is 10.2 Å². The molecule has 2 rings (SSSR count). The average Bonchev–Trinajstić information content (AvgIpc) is 2.82. The summed E-state index contributed by atoms with van der Waals surface area (Å²) in [6.45, 7) is 5.75. The smallest absolute Gasteiger partial charge is 0.235 e. The molecular formula is C12H22N2OS. The van der Waals surface area contributed by atoms with Crippen LogP contribution in [-0.4, -0.2) is 47.5 Å². The Bertz CT molecular complexity index is 235. The van der Waals surface area contributed by atoms with Crippen molar-refractivity contribution in [2.45, 2.75) is 43.1 Å². The molecule has 1 N–H and O–H groups in total. The van der Waals surface area contributed by atoms with Crippen LogP contribution in [0.3, 0.4) is 0 Å². The standard InChI is InChI=1S/C12H22N2OS/c1-10(16-11-4-2-3-5-11)12(15)14-8-6-13-7-9-14/h10-11,13H,2-9H2,1H3. The van der Waals surface area contributed by atoms with E-state index in [1.54, 1.807) is 0 Å². The van der Waals surface area contributed by atoms with E-state index in [2.05, 4.69) is 12.2 Å². The van der Waals surface area contributed by atoms with Gasteiger partial charge in [0.25, 0.3) is 0 Å². The molecular weight excluding hydrogens is 220 g/mol. The van der Waals surface area contributed by atoms with Gasteiger partial charge >= 0.3 is 0 Å². The summed E-state index contributed by atoms with van der Waals surface area (Å²) >= 11 is 1.90. The molecule has 3 nitrogen and oxygen atoms in total. The van der Waals surface area contributed by atoms with Crippen LogP contribution < -0.4 is 5.32 Å². The van der Waals surface area contributed by atoms with Gasteiger partial charge in [-0.2, -0.15) is 0 Å². The molecule has 1 unspecified atom stereocenters. The third kappa shape index (κ3) is 3.14. The Balaban J connectivity index is 1.78. The van der Waals surface area contributed by atoms with Gasteiger partial charge in [-0.25, -0.2) is 0 Å². The highest BCUT2D eigenvalue weighted by Crippen LogP contribution is 2.32. The SMILES string of the molecule is CC(SC1CCCC1)C(=O)N1CCNCC1. The predicted molar refractivity (Wildman–Crippen MR) is 68.8 cm³/mol. The van der Waals surface area contributed by atoms with E-state index < -0.39 is 0 Å². The Morgan fingerprint density at radius 3 is 2.56 bits per heavy atom. The maximum atomic E-state index is 12.2. The van der Waals surface area contributed by atoms with Gasteiger partial charge in [-0.3, -0.25) is 4.79 Å². The molecule has 1 amide bonds. The molecule has 1 saturated carbocycles. The minimum absolute atomic E-state index is 0.154. The number of nitrogens with one attached hydrogen (secondary N) is 1. The zero-order valence-corrected chi connectivity index (χ0v) is 10.9. The Morgan fingerprint density at radius 1 is 1.31 bits per heavy atom. The second-order valence-electron chi connectivity index (χ2n) is 4.76. The molecule has 1 atom stereocenters. The van der Waals surface area contributed by atoms with Crippen LogP contribution in [0.25, 0.3) is 0 Å². The fourth-order valence-electron chi connectivity index (χ4n) is 2.51. The molecule has 2 aliphatic rings. The topological polar surface area (TPSA) is 32.3 Å². The van der Waals surface area contributed by atoms with Crippen LogP contribution in [0.2, 0.25) is 0 Å². The molecule has 1 heterocycles. The lowest BCUT2D eigenvalue weighted by Crippen LogP contribution is -2.48. The second kappa shape index (κ2) is 5.92. The largest absolute Gasteiger partial charge is 0.339 e. The summed E-state index contributed by atoms with van der Waals surface area (Å²) in [5.41, 5.74) is 0. The molecule has 1 aliphatic heterocycles. The number of amides is 1. The van der Waals surface area contributed by atoms with Crippen LogP contribution in [0.1, 0.15) is 32.6 Å². The number of hydrogen-bond acceptors (Lipinski definition) is 3. The Labute approximate surface area is 102 Å². The fourth-order valence-corrected chi connectivity index (χ4v) is 3.96. The number of rotatable bonds is 3. The van der Waals surface area contributed by atoms with E-state index in [0.717, 1.165) is 31.4 Å². The van der Waals surface area contributed by atoms with E-state index >= 15 is 0 Å². The van der Waals surface area contributed by atoms with Crippen LogP contribution in [0, 0.1) is 0 Å². The first-order chi connectivity index (χ1) is 7.77. The third-order valence-corrected chi connectivity index (χ3v) is 4.94. The lowest BCUT2D eigenvalue weighted by atomic mass is 10.3. The summed E-state index contributed by atoms with van der Waals surface area (Å²) in [6, 6.07) is 0. The quantitative estimate of drug-likeness (QED) is 0.813. The molecule has 0 aromatic carbocycles. The molecule has 0 bridgehead atoms. The highest BCUT2D eigenvalue weighted by atomic mass is 32.2. The lowest BCUT2D eigenvalue weighted by molar-refractivity contribution is -0.130. The van der Waals surface area contributed by atoms with Crippen LogP contribution >= 0.6 is 11.8 Å². The Kier molecular flexibility index (Phi) is 4.53. The summed E-state index contributed by atoms with van der Waals surface area (Å²) in [5, 5.41) is 4.17. The van der Waals surface area contributed by atoms with Crippen molar-refractivity contribution in [3.63, 3.8) is 0 Å². The molecule has 0 spiro atoms. The van der Waals surface area contributed by atoms with Crippen molar-refractivity contribution < 1.29 is 4.79 Å². The van der Waals surface area contributed by atoms with E-state index in [4.69, 9.17) is 0 Å². The first-order valence-corrected chi connectivity index (χ1v) is 7.36. The molecule has 0 radical (unpaired) electrons. The molecule has 92 valence electrons. The average molecular weight is 242 g/mol. The summed E-state index contributed by atoms with van der Waals surface area (Å²) in [7, 11) is 0. The van der Waals surface area contributed by atoms with E-state index in [-0.39, 0.29) is 5.25 Å². The van der Waals surface area contributed by atoms with Crippen LogP contribution in [0.5, 0.6) is 0 Å². The lowest BCUT2D eigenvalue weighted by Gasteiger charge is -2.30. The summed E-state index contributed by atoms with van der Waals surface area (Å²) in [5.74, 6) is 0.346.